The molecule has 0 bridgehead atoms. The highest BCUT2D eigenvalue weighted by Crippen LogP contribution is 2.29. The molecule has 160 valence electrons. The average Bonchev–Trinajstić information content (AvgIpc) is 3.21. The van der Waals surface area contributed by atoms with E-state index in [1.165, 1.54) is 0 Å². The third kappa shape index (κ3) is 5.85. The summed E-state index contributed by atoms with van der Waals surface area (Å²) < 4.78 is 0. The van der Waals surface area contributed by atoms with Gasteiger partial charge in [-0.2, -0.15) is 0 Å². The Morgan fingerprint density at radius 3 is 2.33 bits per heavy atom. The van der Waals surface area contributed by atoms with Crippen LogP contribution in [0.1, 0.15) is 68.9 Å². The Balaban J connectivity index is 1.83. The largest absolute Gasteiger partial charge is 0.371 e. The number of benzene rings is 2. The van der Waals surface area contributed by atoms with Crippen molar-refractivity contribution in [1.29, 1.82) is 0 Å². The summed E-state index contributed by atoms with van der Waals surface area (Å²) in [4.78, 5) is 27.9. The van der Waals surface area contributed by atoms with Crippen LogP contribution >= 0.6 is 0 Å². The number of amides is 2. The third-order valence-electron chi connectivity index (χ3n) is 5.31. The summed E-state index contributed by atoms with van der Waals surface area (Å²) >= 11 is 0. The van der Waals surface area contributed by atoms with E-state index in [0.29, 0.717) is 17.7 Å². The fourth-order valence-corrected chi connectivity index (χ4v) is 3.82. The SMILES string of the molecule is C[C@@H](NC(=O)c1cc(NC(=O)CC(C)(C)C)ccc1N1CCCC1)c1ccccc1. The van der Waals surface area contributed by atoms with E-state index < -0.39 is 0 Å². The molecule has 1 aliphatic heterocycles. The summed E-state index contributed by atoms with van der Waals surface area (Å²) in [5.74, 6) is -0.166. The number of carbonyl (C=O) groups is 2. The Bertz CT molecular complexity index is 881. The molecule has 2 aromatic carbocycles. The number of carbonyl (C=O) groups excluding carboxylic acids is 2. The summed E-state index contributed by atoms with van der Waals surface area (Å²) in [5.41, 5.74) is 3.16. The molecule has 0 spiro atoms. The quantitative estimate of drug-likeness (QED) is 0.696. The third-order valence-corrected chi connectivity index (χ3v) is 5.31. The highest BCUT2D eigenvalue weighted by Gasteiger charge is 2.22. The zero-order chi connectivity index (χ0) is 21.7. The molecule has 2 amide bonds. The lowest BCUT2D eigenvalue weighted by molar-refractivity contribution is -0.117. The van der Waals surface area contributed by atoms with Gasteiger partial charge in [-0.1, -0.05) is 51.1 Å². The van der Waals surface area contributed by atoms with E-state index in [2.05, 4.69) is 15.5 Å². The Hall–Kier alpha value is -2.82. The minimum absolute atomic E-state index is 0.0413. The van der Waals surface area contributed by atoms with Gasteiger partial charge < -0.3 is 15.5 Å². The standard InChI is InChI=1S/C25H33N3O2/c1-18(19-10-6-5-7-11-19)26-24(30)21-16-20(27-23(29)17-25(2,3)4)12-13-22(21)28-14-8-9-15-28/h5-7,10-13,16,18H,8-9,14-15,17H2,1-4H3,(H,26,30)(H,27,29)/t18-/m1/s1. The van der Waals surface area contributed by atoms with Crippen LogP contribution in [0.3, 0.4) is 0 Å². The fraction of sp³-hybridized carbons (Fsp3) is 0.440. The lowest BCUT2D eigenvalue weighted by Gasteiger charge is -2.23. The molecule has 2 N–H and O–H groups in total. The Morgan fingerprint density at radius 1 is 1.03 bits per heavy atom. The molecule has 1 saturated heterocycles. The lowest BCUT2D eigenvalue weighted by atomic mass is 9.92. The second-order valence-corrected chi connectivity index (χ2v) is 9.32. The summed E-state index contributed by atoms with van der Waals surface area (Å²) in [5, 5.41) is 6.08. The van der Waals surface area contributed by atoms with Crippen LogP contribution in [0.4, 0.5) is 11.4 Å². The zero-order valence-corrected chi connectivity index (χ0v) is 18.5. The molecular weight excluding hydrogens is 374 g/mol. The monoisotopic (exact) mass is 407 g/mol. The van der Waals surface area contributed by atoms with E-state index in [9.17, 15) is 9.59 Å². The summed E-state index contributed by atoms with van der Waals surface area (Å²) in [6, 6.07) is 15.5. The second kappa shape index (κ2) is 9.33. The van der Waals surface area contributed by atoms with Crippen molar-refractivity contribution in [1.82, 2.24) is 5.32 Å². The summed E-state index contributed by atoms with van der Waals surface area (Å²) in [6.07, 6.45) is 2.69. The maximum Gasteiger partial charge on any atom is 0.253 e. The van der Waals surface area contributed by atoms with Gasteiger partial charge in [-0.25, -0.2) is 0 Å². The molecule has 0 unspecified atom stereocenters. The number of nitrogens with one attached hydrogen (secondary N) is 2. The molecule has 0 aromatic heterocycles. The van der Waals surface area contributed by atoms with Gasteiger partial charge in [-0.15, -0.1) is 0 Å². The van der Waals surface area contributed by atoms with Gasteiger partial charge in [0.15, 0.2) is 0 Å². The van der Waals surface area contributed by atoms with Crippen LogP contribution in [0.5, 0.6) is 0 Å². The molecule has 1 fully saturated rings. The van der Waals surface area contributed by atoms with Crippen LogP contribution in [-0.2, 0) is 4.79 Å². The highest BCUT2D eigenvalue weighted by atomic mass is 16.2. The van der Waals surface area contributed by atoms with E-state index in [1.54, 1.807) is 6.07 Å². The van der Waals surface area contributed by atoms with E-state index in [4.69, 9.17) is 0 Å². The molecule has 1 atom stereocenters. The van der Waals surface area contributed by atoms with Gasteiger partial charge in [0.1, 0.15) is 0 Å². The van der Waals surface area contributed by atoms with Crippen molar-refractivity contribution in [2.24, 2.45) is 5.41 Å². The van der Waals surface area contributed by atoms with E-state index >= 15 is 0 Å². The van der Waals surface area contributed by atoms with E-state index in [-0.39, 0.29) is 23.3 Å². The van der Waals surface area contributed by atoms with Crippen molar-refractivity contribution >= 4 is 23.2 Å². The first-order valence-electron chi connectivity index (χ1n) is 10.8. The van der Waals surface area contributed by atoms with Crippen molar-refractivity contribution in [2.45, 2.75) is 53.0 Å². The molecule has 5 heteroatoms. The van der Waals surface area contributed by atoms with Gasteiger partial charge in [0.25, 0.3) is 5.91 Å². The van der Waals surface area contributed by atoms with Crippen molar-refractivity contribution in [3.05, 3.63) is 59.7 Å². The predicted octanol–water partition coefficient (Wildman–Crippen LogP) is 5.15. The maximum absolute atomic E-state index is 13.2. The number of rotatable bonds is 6. The van der Waals surface area contributed by atoms with E-state index in [1.807, 2.05) is 70.2 Å². The normalized spacial score (nSPS) is 15.0. The van der Waals surface area contributed by atoms with Gasteiger partial charge in [0.2, 0.25) is 5.91 Å². The molecular formula is C25H33N3O2. The van der Waals surface area contributed by atoms with Gasteiger partial charge >= 0.3 is 0 Å². The smallest absolute Gasteiger partial charge is 0.253 e. The first-order chi connectivity index (χ1) is 14.2. The number of hydrogen-bond acceptors (Lipinski definition) is 3. The molecule has 1 aliphatic rings. The van der Waals surface area contributed by atoms with Crippen LogP contribution < -0.4 is 15.5 Å². The molecule has 30 heavy (non-hydrogen) atoms. The van der Waals surface area contributed by atoms with Crippen molar-refractivity contribution in [3.63, 3.8) is 0 Å². The predicted molar refractivity (Wildman–Crippen MR) is 123 cm³/mol. The van der Waals surface area contributed by atoms with Gasteiger partial charge in [-0.05, 0) is 48.9 Å². The average molecular weight is 408 g/mol. The Morgan fingerprint density at radius 2 is 1.70 bits per heavy atom. The second-order valence-electron chi connectivity index (χ2n) is 9.32. The van der Waals surface area contributed by atoms with Crippen LogP contribution in [0.15, 0.2) is 48.5 Å². The summed E-state index contributed by atoms with van der Waals surface area (Å²) in [7, 11) is 0. The Labute approximate surface area is 179 Å². The molecule has 2 aromatic rings. The molecule has 0 saturated carbocycles. The lowest BCUT2D eigenvalue weighted by Crippen LogP contribution is -2.29. The molecule has 5 nitrogen and oxygen atoms in total. The van der Waals surface area contributed by atoms with Crippen molar-refractivity contribution < 1.29 is 9.59 Å². The topological polar surface area (TPSA) is 61.4 Å². The zero-order valence-electron chi connectivity index (χ0n) is 18.5. The summed E-state index contributed by atoms with van der Waals surface area (Å²) in [6.45, 7) is 9.99. The first-order valence-corrected chi connectivity index (χ1v) is 10.8. The van der Waals surface area contributed by atoms with Gasteiger partial charge in [0.05, 0.1) is 11.6 Å². The van der Waals surface area contributed by atoms with Gasteiger partial charge in [-0.3, -0.25) is 9.59 Å². The molecule has 0 radical (unpaired) electrons. The van der Waals surface area contributed by atoms with Crippen LogP contribution in [0, 0.1) is 5.41 Å². The first kappa shape index (κ1) is 21.9. The molecule has 3 rings (SSSR count). The Kier molecular flexibility index (Phi) is 6.80. The minimum atomic E-state index is -0.125. The number of hydrogen-bond donors (Lipinski definition) is 2. The molecule has 0 aliphatic carbocycles. The number of nitrogens with zero attached hydrogens (tertiary/aromatic N) is 1. The minimum Gasteiger partial charge on any atom is -0.371 e. The van der Waals surface area contributed by atoms with Crippen LogP contribution in [-0.4, -0.2) is 24.9 Å². The maximum atomic E-state index is 13.2. The van der Waals surface area contributed by atoms with Crippen LogP contribution in [0.2, 0.25) is 0 Å². The van der Waals surface area contributed by atoms with Crippen molar-refractivity contribution in [2.75, 3.05) is 23.3 Å². The fourth-order valence-electron chi connectivity index (χ4n) is 3.82. The number of anilines is 2. The van der Waals surface area contributed by atoms with E-state index in [0.717, 1.165) is 37.2 Å². The molecule has 1 heterocycles. The van der Waals surface area contributed by atoms with Gasteiger partial charge in [0, 0.05) is 30.9 Å². The van der Waals surface area contributed by atoms with Crippen molar-refractivity contribution in [3.8, 4) is 0 Å². The highest BCUT2D eigenvalue weighted by molar-refractivity contribution is 6.02. The van der Waals surface area contributed by atoms with Crippen LogP contribution in [0.25, 0.3) is 0 Å².